The van der Waals surface area contributed by atoms with Crippen LogP contribution in [0.2, 0.25) is 0 Å². The van der Waals surface area contributed by atoms with Crippen molar-refractivity contribution in [3.8, 4) is 0 Å². The minimum absolute atomic E-state index is 0.0000281. The fourth-order valence-corrected chi connectivity index (χ4v) is 5.38. The predicted molar refractivity (Wildman–Crippen MR) is 133 cm³/mol. The maximum atomic E-state index is 12.1. The van der Waals surface area contributed by atoms with Gasteiger partial charge < -0.3 is 44.5 Å². The van der Waals surface area contributed by atoms with Gasteiger partial charge in [0.15, 0.2) is 35.4 Å². The van der Waals surface area contributed by atoms with Crippen molar-refractivity contribution in [2.75, 3.05) is 18.9 Å². The molecule has 5 rings (SSSR count). The monoisotopic (exact) mass is 635 g/mol. The summed E-state index contributed by atoms with van der Waals surface area (Å²) in [6, 6.07) is 1.37. The van der Waals surface area contributed by atoms with Gasteiger partial charge in [-0.2, -0.15) is 0 Å². The maximum Gasteiger partial charge on any atom is 0.524 e. The average Bonchev–Trinajstić information content (AvgIpc) is 3.54. The molecule has 21 nitrogen and oxygen atoms in total. The minimum Gasteiger partial charge on any atom is -0.506 e. The Kier molecular flexibility index (Phi) is 8.18. The Bertz CT molecular complexity index is 1650. The molecule has 6 atom stereocenters. The smallest absolute Gasteiger partial charge is 0.506 e. The summed E-state index contributed by atoms with van der Waals surface area (Å²) in [6.07, 6.45) is -4.45. The Morgan fingerprint density at radius 1 is 1.02 bits per heavy atom. The summed E-state index contributed by atoms with van der Waals surface area (Å²) in [7, 11) is -10.4. The molecule has 3 aromatic rings. The molecule has 5 heterocycles. The molecule has 2 aliphatic heterocycles. The summed E-state index contributed by atoms with van der Waals surface area (Å²) in [4.78, 5) is 65.0. The van der Waals surface area contributed by atoms with E-state index in [4.69, 9.17) is 24.5 Å². The van der Waals surface area contributed by atoms with Crippen LogP contribution in [0.5, 0.6) is 0 Å². The number of aliphatic hydroxyl groups excluding tert-OH is 2. The molecule has 2 aliphatic rings. The molecule has 3 aromatic heterocycles. The number of phosphoric ester groups is 2. The highest BCUT2D eigenvalue weighted by Crippen LogP contribution is 2.47. The molecule has 228 valence electrons. The van der Waals surface area contributed by atoms with Crippen molar-refractivity contribution in [1.82, 2.24) is 29.1 Å². The second-order valence-corrected chi connectivity index (χ2v) is 11.2. The molecule has 23 heteroatoms. The van der Waals surface area contributed by atoms with Crippen LogP contribution >= 0.6 is 15.6 Å². The van der Waals surface area contributed by atoms with Crippen LogP contribution < -0.4 is 11.4 Å². The molecule has 0 bridgehead atoms. The summed E-state index contributed by atoms with van der Waals surface area (Å²) in [5, 5.41) is 21.4. The molecule has 0 spiro atoms. The van der Waals surface area contributed by atoms with Gasteiger partial charge in [-0.1, -0.05) is 0 Å². The van der Waals surface area contributed by atoms with Gasteiger partial charge in [0.05, 0.1) is 19.5 Å². The van der Waals surface area contributed by atoms with Gasteiger partial charge in [-0.3, -0.25) is 23.4 Å². The van der Waals surface area contributed by atoms with E-state index in [-0.39, 0.29) is 17.0 Å². The van der Waals surface area contributed by atoms with Crippen LogP contribution in [-0.2, 0) is 32.4 Å². The van der Waals surface area contributed by atoms with Crippen molar-refractivity contribution >= 4 is 32.6 Å². The van der Waals surface area contributed by atoms with Gasteiger partial charge in [-0.15, -0.1) is 0 Å². The number of fused-ring (bicyclic) bond motifs is 1. The largest absolute Gasteiger partial charge is 0.524 e. The fraction of sp³-hybridized carbons (Fsp3) is 0.421. The zero-order chi connectivity index (χ0) is 30.4. The molecule has 0 saturated carbocycles. The number of rotatable bonds is 10. The first-order chi connectivity index (χ1) is 19.7. The summed E-state index contributed by atoms with van der Waals surface area (Å²) >= 11 is 0. The normalized spacial score (nSPS) is 26.8. The van der Waals surface area contributed by atoms with Crippen LogP contribution in [0.4, 0.5) is 5.82 Å². The summed E-state index contributed by atoms with van der Waals surface area (Å²) in [5.41, 5.74) is 5.17. The molecule has 1 fully saturated rings. The molecule has 0 amide bonds. The average molecular weight is 635 g/mol. The van der Waals surface area contributed by atoms with Gasteiger partial charge in [0.2, 0.25) is 0 Å². The summed E-state index contributed by atoms with van der Waals surface area (Å²) < 4.78 is 51.5. The second kappa shape index (κ2) is 11.4. The lowest BCUT2D eigenvalue weighted by Crippen LogP contribution is -2.38. The molecule has 0 radical (unpaired) electrons. The second-order valence-electron chi connectivity index (χ2n) is 8.85. The number of hydrogen-bond acceptors (Lipinski definition) is 15. The highest BCUT2D eigenvalue weighted by Gasteiger charge is 2.49. The van der Waals surface area contributed by atoms with Crippen molar-refractivity contribution in [2.45, 2.75) is 36.9 Å². The van der Waals surface area contributed by atoms with Gasteiger partial charge in [-0.05, 0) is 6.07 Å². The topological polar surface area (TPSA) is 306 Å². The molecule has 0 aromatic carbocycles. The number of nitrogens with zero attached hydrogens (tertiary/aromatic N) is 6. The van der Waals surface area contributed by atoms with Crippen molar-refractivity contribution in [3.63, 3.8) is 0 Å². The van der Waals surface area contributed by atoms with Gasteiger partial charge in [0.1, 0.15) is 36.3 Å². The number of nitrogen functional groups attached to an aromatic ring is 1. The Hall–Kier alpha value is -3.33. The summed E-state index contributed by atoms with van der Waals surface area (Å²) in [5.74, 6) is -1.44. The molecule has 0 unspecified atom stereocenters. The predicted octanol–water partition coefficient (Wildman–Crippen LogP) is -1.81. The lowest BCUT2D eigenvalue weighted by atomic mass is 10.1. The third kappa shape index (κ3) is 6.21. The van der Waals surface area contributed by atoms with Gasteiger partial charge in [0.25, 0.3) is 0 Å². The molecular weight excluding hydrogens is 612 g/mol. The first-order valence-electron chi connectivity index (χ1n) is 11.7. The van der Waals surface area contributed by atoms with E-state index in [0.717, 1.165) is 17.2 Å². The maximum absolute atomic E-state index is 12.1. The van der Waals surface area contributed by atoms with Crippen LogP contribution in [0.3, 0.4) is 0 Å². The molecular formula is C19H23N7O14P2. The van der Waals surface area contributed by atoms with Crippen molar-refractivity contribution in [3.05, 3.63) is 53.1 Å². The number of imidazole rings is 1. The van der Waals surface area contributed by atoms with E-state index in [2.05, 4.69) is 24.5 Å². The SMILES string of the molecule is Nc1ncnc2c1ncn2[C@@H]1O[C@H](COC[C@H]2O[C@@H](n3cccnc3=O)[C@H](O)[C@@H]2OP(=O)(O)O)C(O)=C1OP(=O)(O)O. The van der Waals surface area contributed by atoms with Crippen molar-refractivity contribution in [2.24, 2.45) is 0 Å². The third-order valence-corrected chi connectivity index (χ3v) is 7.02. The Morgan fingerprint density at radius 3 is 2.48 bits per heavy atom. The van der Waals surface area contributed by atoms with E-state index in [1.54, 1.807) is 0 Å². The minimum atomic E-state index is -5.21. The fourth-order valence-electron chi connectivity index (χ4n) is 4.36. The first-order valence-corrected chi connectivity index (χ1v) is 14.7. The zero-order valence-electron chi connectivity index (χ0n) is 20.9. The van der Waals surface area contributed by atoms with Gasteiger partial charge in [-0.25, -0.2) is 33.9 Å². The van der Waals surface area contributed by atoms with Crippen LogP contribution in [-0.4, -0.2) is 96.5 Å². The highest BCUT2D eigenvalue weighted by atomic mass is 31.2. The standard InChI is InChI=1S/C19H23N7O14P2/c20-15-10-16(23-6-22-15)26(7-24-10)18-14(40-42(33,34)35)11(27)8(37-18)4-36-5-9-13(39-41(30,31)32)12(28)17(38-9)25-3-1-2-21-19(25)29/h1-3,6-9,12-13,17-18,27-28H,4-5H2,(H2,20,22,23)(H2,30,31,32)(H2,33,34,35)/t8-,9-,12-,13-,17-,18-/m1/s1. The highest BCUT2D eigenvalue weighted by molar-refractivity contribution is 7.46. The number of aromatic nitrogens is 6. The van der Waals surface area contributed by atoms with E-state index < -0.39 is 82.9 Å². The van der Waals surface area contributed by atoms with E-state index in [1.165, 1.54) is 23.0 Å². The van der Waals surface area contributed by atoms with Crippen molar-refractivity contribution in [1.29, 1.82) is 0 Å². The van der Waals surface area contributed by atoms with Crippen molar-refractivity contribution < 1.29 is 62.2 Å². The Labute approximate surface area is 233 Å². The Balaban J connectivity index is 1.35. The lowest BCUT2D eigenvalue weighted by molar-refractivity contribution is -0.0916. The van der Waals surface area contributed by atoms with E-state index in [1.807, 2.05) is 0 Å². The zero-order valence-corrected chi connectivity index (χ0v) is 22.7. The van der Waals surface area contributed by atoms with E-state index >= 15 is 0 Å². The number of nitrogens with two attached hydrogens (primary N) is 1. The number of phosphoric acid groups is 2. The summed E-state index contributed by atoms with van der Waals surface area (Å²) in [6.45, 7) is -1.06. The van der Waals surface area contributed by atoms with Gasteiger partial charge >= 0.3 is 21.3 Å². The number of aliphatic hydroxyl groups is 2. The molecule has 0 aliphatic carbocycles. The van der Waals surface area contributed by atoms with E-state index in [0.29, 0.717) is 0 Å². The van der Waals surface area contributed by atoms with Crippen LogP contribution in [0.25, 0.3) is 11.2 Å². The first kappa shape index (κ1) is 30.1. The van der Waals surface area contributed by atoms with Crippen LogP contribution in [0, 0.1) is 0 Å². The molecule has 42 heavy (non-hydrogen) atoms. The van der Waals surface area contributed by atoms with E-state index in [9.17, 15) is 43.7 Å². The van der Waals surface area contributed by atoms with Crippen LogP contribution in [0.15, 0.2) is 47.4 Å². The number of ether oxygens (including phenoxy) is 3. The third-order valence-electron chi connectivity index (χ3n) is 6.06. The molecule has 1 saturated heterocycles. The quantitative estimate of drug-likeness (QED) is 0.121. The molecule has 8 N–H and O–H groups in total. The van der Waals surface area contributed by atoms with Gasteiger partial charge in [0, 0.05) is 12.4 Å². The Morgan fingerprint density at radius 2 is 1.79 bits per heavy atom. The number of hydrogen-bond donors (Lipinski definition) is 7. The van der Waals surface area contributed by atoms with Crippen LogP contribution in [0.1, 0.15) is 12.5 Å². The number of anilines is 1. The lowest BCUT2D eigenvalue weighted by Gasteiger charge is -2.21.